The Kier molecular flexibility index (Phi) is 17.2. The molecule has 0 aliphatic heterocycles. The van der Waals surface area contributed by atoms with Crippen LogP contribution >= 0.6 is 0 Å². The first-order valence-corrected chi connectivity index (χ1v) is 9.17. The topological polar surface area (TPSA) is 119 Å². The molecule has 0 fully saturated rings. The van der Waals surface area contributed by atoms with Gasteiger partial charge in [0.2, 0.25) is 0 Å². The normalized spacial score (nSPS) is 10.7. The summed E-state index contributed by atoms with van der Waals surface area (Å²) in [5, 5.41) is 0. The summed E-state index contributed by atoms with van der Waals surface area (Å²) in [6.45, 7) is 0. The molecule has 0 aliphatic carbocycles. The van der Waals surface area contributed by atoms with E-state index in [0.29, 0.717) is 6.04 Å². The summed E-state index contributed by atoms with van der Waals surface area (Å²) >= 11 is -2.00. The second-order valence-corrected chi connectivity index (χ2v) is 7.62. The van der Waals surface area contributed by atoms with E-state index in [1.54, 1.807) is 0 Å². The molecule has 0 N–H and O–H groups in total. The zero-order chi connectivity index (χ0) is 13.9. The van der Waals surface area contributed by atoms with E-state index in [4.69, 9.17) is 19.9 Å². The molecule has 0 unspecified atom stereocenters. The van der Waals surface area contributed by atoms with E-state index < -0.39 is 43.8 Å². The Morgan fingerprint density at radius 2 is 1.44 bits per heavy atom. The van der Waals surface area contributed by atoms with Crippen LogP contribution in [0.5, 0.6) is 0 Å². The van der Waals surface area contributed by atoms with Gasteiger partial charge in [0.15, 0.2) is 0 Å². The van der Waals surface area contributed by atoms with Crippen LogP contribution in [-0.2, 0) is 49.1 Å². The molecule has 0 spiro atoms. The van der Waals surface area contributed by atoms with Crippen molar-refractivity contribution >= 4 is 18.9 Å². The van der Waals surface area contributed by atoms with Gasteiger partial charge in [0.1, 0.15) is 0 Å². The van der Waals surface area contributed by atoms with Crippen LogP contribution in [0.2, 0.25) is 6.04 Å². The van der Waals surface area contributed by atoms with Crippen LogP contribution in [0, 0.1) is 0 Å². The van der Waals surface area contributed by atoms with Crippen molar-refractivity contribution in [2.24, 2.45) is 0 Å². The van der Waals surface area contributed by atoms with Gasteiger partial charge in [0, 0.05) is 33.1 Å². The molecule has 0 rings (SSSR count). The first-order valence-electron chi connectivity index (χ1n) is 4.39. The molecule has 18 heavy (non-hydrogen) atoms. The number of hydrogen-bond acceptors (Lipinski definition) is 8. The van der Waals surface area contributed by atoms with Gasteiger partial charge >= 0.3 is 53.4 Å². The Hall–Kier alpha value is 0.919. The minimum absolute atomic E-state index is 0. The van der Waals surface area contributed by atoms with Crippen molar-refractivity contribution in [3.63, 3.8) is 0 Å². The van der Waals surface area contributed by atoms with E-state index in [1.807, 2.05) is 0 Å². The maximum absolute atomic E-state index is 10.3. The fourth-order valence-corrected chi connectivity index (χ4v) is 3.50. The molecule has 0 radical (unpaired) electrons. The van der Waals surface area contributed by atoms with Gasteiger partial charge < -0.3 is 17.8 Å². The van der Waals surface area contributed by atoms with Gasteiger partial charge in [-0.05, 0) is 6.42 Å². The first-order chi connectivity index (χ1) is 7.80. The molecular weight excluding hydrogens is 315 g/mol. The van der Waals surface area contributed by atoms with Gasteiger partial charge in [-0.25, -0.2) is 8.42 Å². The van der Waals surface area contributed by atoms with Crippen molar-refractivity contribution in [2.75, 3.05) is 27.1 Å². The maximum atomic E-state index is 10.3. The Morgan fingerprint density at radius 3 is 1.67 bits per heavy atom. The summed E-state index contributed by atoms with van der Waals surface area (Å²) in [5.74, 6) is -0.419. The van der Waals surface area contributed by atoms with E-state index in [9.17, 15) is 13.0 Å². The molecule has 102 valence electrons. The summed E-state index contributed by atoms with van der Waals surface area (Å²) in [7, 11) is -2.58. The average Bonchev–Trinajstić information content (AvgIpc) is 2.25. The minimum atomic E-state index is -4.17. The van der Waals surface area contributed by atoms with E-state index in [-0.39, 0.29) is 25.3 Å². The fourth-order valence-electron chi connectivity index (χ4n) is 1.02. The van der Waals surface area contributed by atoms with Crippen molar-refractivity contribution in [3.05, 3.63) is 0 Å². The van der Waals surface area contributed by atoms with Gasteiger partial charge in [-0.1, -0.05) is 0 Å². The van der Waals surface area contributed by atoms with Crippen molar-refractivity contribution < 1.29 is 70.8 Å². The summed E-state index contributed by atoms with van der Waals surface area (Å²) < 4.78 is 63.1. The number of rotatable bonds is 7. The molecular formula is C6H15LiO8SSiTi. The van der Waals surface area contributed by atoms with Crippen LogP contribution in [0.3, 0.4) is 0 Å². The van der Waals surface area contributed by atoms with Crippen LogP contribution < -0.4 is 18.9 Å². The second kappa shape index (κ2) is 12.9. The molecule has 0 amide bonds. The summed E-state index contributed by atoms with van der Waals surface area (Å²) in [5.41, 5.74) is 0. The van der Waals surface area contributed by atoms with Crippen LogP contribution in [0.25, 0.3) is 0 Å². The second-order valence-electron chi connectivity index (χ2n) is 2.74. The quantitative estimate of drug-likeness (QED) is 0.349. The van der Waals surface area contributed by atoms with Crippen molar-refractivity contribution in [1.82, 2.24) is 0 Å². The van der Waals surface area contributed by atoms with Gasteiger partial charge in [0.25, 0.3) is 0 Å². The summed E-state index contributed by atoms with van der Waals surface area (Å²) in [4.78, 5) is 0. The van der Waals surface area contributed by atoms with Crippen molar-refractivity contribution in [2.45, 2.75) is 12.5 Å². The van der Waals surface area contributed by atoms with E-state index in [1.165, 1.54) is 21.3 Å². The predicted octanol–water partition coefficient (Wildman–Crippen LogP) is -3.44. The van der Waals surface area contributed by atoms with E-state index in [0.717, 1.165) is 0 Å². The summed E-state index contributed by atoms with van der Waals surface area (Å²) in [6.07, 6.45) is 0.188. The monoisotopic (exact) mass is 330 g/mol. The Balaban J connectivity index is -0.000000507. The Bertz CT molecular complexity index is 318. The average molecular weight is 330 g/mol. The standard InChI is InChI=1S/C6H16O6SSi.Li.2O.Ti/c1-10-14(11-2,12-3)6-4-5-13(7,8)9;;;;/h4-6H2,1-3H3,(H,7,8,9);;;;/q;+1;;;/p-1. The van der Waals surface area contributed by atoms with Gasteiger partial charge in [-0.2, -0.15) is 0 Å². The van der Waals surface area contributed by atoms with Crippen LogP contribution in [-0.4, -0.2) is 48.9 Å². The number of hydrogen-bond donors (Lipinski definition) is 0. The molecule has 0 saturated heterocycles. The third kappa shape index (κ3) is 13.4. The first kappa shape index (κ1) is 24.0. The molecule has 0 aliphatic rings. The van der Waals surface area contributed by atoms with Crippen LogP contribution in [0.15, 0.2) is 0 Å². The molecule has 0 aromatic carbocycles. The molecule has 0 saturated carbocycles. The molecule has 12 heteroatoms. The zero-order valence-electron chi connectivity index (χ0n) is 10.8. The predicted molar refractivity (Wildman–Crippen MR) is 52.1 cm³/mol. The third-order valence-electron chi connectivity index (χ3n) is 1.81. The SMILES string of the molecule is CO[Si](CCCS(=O)(=O)[O-])(OC)OC.[Li+].[O]=[Ti]=[O]. The van der Waals surface area contributed by atoms with Crippen molar-refractivity contribution in [3.8, 4) is 0 Å². The van der Waals surface area contributed by atoms with Gasteiger partial charge in [-0.3, -0.25) is 0 Å². The van der Waals surface area contributed by atoms with Crippen LogP contribution in [0.1, 0.15) is 6.42 Å². The van der Waals surface area contributed by atoms with Gasteiger partial charge in [0.05, 0.1) is 10.1 Å². The molecule has 0 atom stereocenters. The molecule has 0 aromatic rings. The third-order valence-corrected chi connectivity index (χ3v) is 5.43. The Morgan fingerprint density at radius 1 is 1.11 bits per heavy atom. The van der Waals surface area contributed by atoms with E-state index in [2.05, 4.69) is 0 Å². The van der Waals surface area contributed by atoms with E-state index >= 15 is 0 Å². The Labute approximate surface area is 129 Å². The van der Waals surface area contributed by atoms with Crippen LogP contribution in [0.4, 0.5) is 0 Å². The summed E-state index contributed by atoms with van der Waals surface area (Å²) in [6, 6.07) is 0.317. The van der Waals surface area contributed by atoms with Gasteiger partial charge in [-0.15, -0.1) is 0 Å². The molecule has 0 aromatic heterocycles. The molecule has 8 nitrogen and oxygen atoms in total. The fraction of sp³-hybridized carbons (Fsp3) is 1.00. The van der Waals surface area contributed by atoms with Crippen molar-refractivity contribution in [1.29, 1.82) is 0 Å². The zero-order valence-corrected chi connectivity index (χ0v) is 14.2. The molecule has 0 heterocycles. The molecule has 0 bridgehead atoms.